The quantitative estimate of drug-likeness (QED) is 0.725. The highest BCUT2D eigenvalue weighted by atomic mass is 16.5. The normalized spacial score (nSPS) is 18.7. The monoisotopic (exact) mass is 321 g/mol. The summed E-state index contributed by atoms with van der Waals surface area (Å²) in [4.78, 5) is 25.5. The van der Waals surface area contributed by atoms with E-state index in [4.69, 9.17) is 9.84 Å². The number of ether oxygens (including phenoxy) is 1. The second-order valence-corrected chi connectivity index (χ2v) is 5.54. The zero-order chi connectivity index (χ0) is 16.8. The third kappa shape index (κ3) is 4.85. The molecular weight excluding hydrogens is 298 g/mol. The number of hydrogen-bond donors (Lipinski definition) is 3. The number of benzene rings is 1. The predicted octanol–water partition coefficient (Wildman–Crippen LogP) is 0.871. The lowest BCUT2D eigenvalue weighted by atomic mass is 10.2. The molecule has 0 unspecified atom stereocenters. The maximum Gasteiger partial charge on any atom is 0.315 e. The van der Waals surface area contributed by atoms with E-state index in [0.29, 0.717) is 13.2 Å². The first-order chi connectivity index (χ1) is 11.0. The Hall–Kier alpha value is -2.28. The number of anilines is 1. The molecule has 2 rings (SSSR count). The first-order valence-corrected chi connectivity index (χ1v) is 7.75. The van der Waals surface area contributed by atoms with Gasteiger partial charge in [-0.1, -0.05) is 0 Å². The Kier molecular flexibility index (Phi) is 5.81. The Labute approximate surface area is 135 Å². The van der Waals surface area contributed by atoms with Crippen LogP contribution in [0.4, 0.5) is 10.5 Å². The lowest BCUT2D eigenvalue weighted by Gasteiger charge is -2.18. The van der Waals surface area contributed by atoms with E-state index in [1.54, 1.807) is 11.8 Å². The summed E-state index contributed by atoms with van der Waals surface area (Å²) >= 11 is 0. The minimum absolute atomic E-state index is 0.0324. The van der Waals surface area contributed by atoms with Crippen molar-refractivity contribution in [3.05, 3.63) is 24.3 Å². The third-order valence-corrected chi connectivity index (χ3v) is 3.48. The number of amides is 3. The van der Waals surface area contributed by atoms with Crippen LogP contribution in [-0.2, 0) is 4.79 Å². The molecule has 23 heavy (non-hydrogen) atoms. The first-order valence-electron chi connectivity index (χ1n) is 7.75. The number of aliphatic hydroxyl groups excluding tert-OH is 1. The summed E-state index contributed by atoms with van der Waals surface area (Å²) in [5.41, 5.74) is 0.784. The topological polar surface area (TPSA) is 90.9 Å². The van der Waals surface area contributed by atoms with E-state index in [0.717, 1.165) is 11.4 Å². The molecule has 0 saturated carbocycles. The van der Waals surface area contributed by atoms with Gasteiger partial charge in [0, 0.05) is 25.2 Å². The molecule has 1 aromatic rings. The predicted molar refractivity (Wildman–Crippen MR) is 86.6 cm³/mol. The van der Waals surface area contributed by atoms with Crippen LogP contribution in [0.2, 0.25) is 0 Å². The van der Waals surface area contributed by atoms with Crippen molar-refractivity contribution >= 4 is 17.6 Å². The van der Waals surface area contributed by atoms with Crippen LogP contribution in [-0.4, -0.2) is 48.9 Å². The Bertz CT molecular complexity index is 545. The van der Waals surface area contributed by atoms with Gasteiger partial charge in [0.1, 0.15) is 5.75 Å². The molecule has 1 heterocycles. The summed E-state index contributed by atoms with van der Waals surface area (Å²) in [5, 5.41) is 14.4. The van der Waals surface area contributed by atoms with E-state index in [1.165, 1.54) is 0 Å². The highest BCUT2D eigenvalue weighted by molar-refractivity contribution is 5.96. The number of urea groups is 1. The van der Waals surface area contributed by atoms with Crippen molar-refractivity contribution in [3.63, 3.8) is 0 Å². The number of carbonyl (C=O) groups is 2. The number of aliphatic hydroxyl groups is 1. The fraction of sp³-hybridized carbons (Fsp3) is 0.500. The minimum atomic E-state index is -0.605. The Morgan fingerprint density at radius 1 is 1.43 bits per heavy atom. The summed E-state index contributed by atoms with van der Waals surface area (Å²) in [6, 6.07) is 6.68. The van der Waals surface area contributed by atoms with Crippen molar-refractivity contribution in [1.82, 2.24) is 10.6 Å². The van der Waals surface area contributed by atoms with Gasteiger partial charge in [0.2, 0.25) is 5.91 Å². The second-order valence-electron chi connectivity index (χ2n) is 5.54. The molecule has 1 aliphatic heterocycles. The molecule has 7 nitrogen and oxygen atoms in total. The molecule has 1 fully saturated rings. The van der Waals surface area contributed by atoms with Gasteiger partial charge >= 0.3 is 6.03 Å². The molecule has 7 heteroatoms. The van der Waals surface area contributed by atoms with Crippen molar-refractivity contribution in [1.29, 1.82) is 0 Å². The van der Waals surface area contributed by atoms with Crippen LogP contribution < -0.4 is 20.3 Å². The molecule has 3 N–H and O–H groups in total. The summed E-state index contributed by atoms with van der Waals surface area (Å²) in [6.45, 7) is 4.70. The van der Waals surface area contributed by atoms with Crippen molar-refractivity contribution in [2.24, 2.45) is 0 Å². The van der Waals surface area contributed by atoms with Gasteiger partial charge < -0.3 is 25.4 Å². The number of nitrogens with one attached hydrogen (secondary N) is 2. The third-order valence-electron chi connectivity index (χ3n) is 3.48. The summed E-state index contributed by atoms with van der Waals surface area (Å²) in [6.07, 6.45) is -0.346. The molecule has 1 aromatic carbocycles. The van der Waals surface area contributed by atoms with Crippen LogP contribution in [0.5, 0.6) is 5.75 Å². The van der Waals surface area contributed by atoms with Gasteiger partial charge in [-0.3, -0.25) is 4.79 Å². The van der Waals surface area contributed by atoms with Gasteiger partial charge in [0.15, 0.2) is 0 Å². The maximum absolute atomic E-state index is 12.1. The zero-order valence-electron chi connectivity index (χ0n) is 13.4. The molecule has 3 amide bonds. The van der Waals surface area contributed by atoms with E-state index >= 15 is 0 Å². The van der Waals surface area contributed by atoms with E-state index in [2.05, 4.69) is 10.6 Å². The van der Waals surface area contributed by atoms with Gasteiger partial charge in [-0.05, 0) is 38.1 Å². The van der Waals surface area contributed by atoms with Crippen LogP contribution in [0.25, 0.3) is 0 Å². The SMILES string of the molecule is CCOc1ccc(N2C[C@H](NC(=O)NC[C@@H](C)O)CC2=O)cc1. The standard InChI is InChI=1S/C16H23N3O4/c1-3-23-14-6-4-13(5-7-14)19-10-12(8-15(19)21)18-16(22)17-9-11(2)20/h4-7,11-12,20H,3,8-10H2,1-2H3,(H2,17,18,22)/t11-,12-/m1/s1. The molecule has 0 bridgehead atoms. The highest BCUT2D eigenvalue weighted by Gasteiger charge is 2.31. The van der Waals surface area contributed by atoms with Crippen LogP contribution in [0.15, 0.2) is 24.3 Å². The van der Waals surface area contributed by atoms with Gasteiger partial charge in [-0.15, -0.1) is 0 Å². The van der Waals surface area contributed by atoms with E-state index in [-0.39, 0.29) is 30.9 Å². The summed E-state index contributed by atoms with van der Waals surface area (Å²) in [7, 11) is 0. The second kappa shape index (κ2) is 7.82. The first kappa shape index (κ1) is 17.1. The molecule has 0 aliphatic carbocycles. The molecule has 1 aliphatic rings. The van der Waals surface area contributed by atoms with E-state index in [9.17, 15) is 9.59 Å². The fourth-order valence-corrected chi connectivity index (χ4v) is 2.42. The lowest BCUT2D eigenvalue weighted by molar-refractivity contribution is -0.117. The van der Waals surface area contributed by atoms with Gasteiger partial charge in [0.25, 0.3) is 0 Å². The van der Waals surface area contributed by atoms with Crippen molar-refractivity contribution in [2.45, 2.75) is 32.4 Å². The zero-order valence-corrected chi connectivity index (χ0v) is 13.4. The Morgan fingerprint density at radius 3 is 2.74 bits per heavy atom. The smallest absolute Gasteiger partial charge is 0.315 e. The molecule has 126 valence electrons. The number of rotatable bonds is 6. The maximum atomic E-state index is 12.1. The molecular formula is C16H23N3O4. The van der Waals surface area contributed by atoms with E-state index < -0.39 is 6.10 Å². The minimum Gasteiger partial charge on any atom is -0.494 e. The fourth-order valence-electron chi connectivity index (χ4n) is 2.42. The highest BCUT2D eigenvalue weighted by Crippen LogP contribution is 2.24. The summed E-state index contributed by atoms with van der Waals surface area (Å²) in [5.74, 6) is 0.727. The largest absolute Gasteiger partial charge is 0.494 e. The average Bonchev–Trinajstić information content (AvgIpc) is 2.87. The number of hydrogen-bond acceptors (Lipinski definition) is 4. The van der Waals surface area contributed by atoms with Crippen LogP contribution in [0.1, 0.15) is 20.3 Å². The van der Waals surface area contributed by atoms with Gasteiger partial charge in [0.05, 0.1) is 18.8 Å². The van der Waals surface area contributed by atoms with Crippen molar-refractivity contribution in [3.8, 4) is 5.75 Å². The Morgan fingerprint density at radius 2 is 2.13 bits per heavy atom. The van der Waals surface area contributed by atoms with Crippen molar-refractivity contribution < 1.29 is 19.4 Å². The number of carbonyl (C=O) groups excluding carboxylic acids is 2. The lowest BCUT2D eigenvalue weighted by Crippen LogP contribution is -2.45. The molecule has 2 atom stereocenters. The van der Waals surface area contributed by atoms with Gasteiger partial charge in [-0.2, -0.15) is 0 Å². The molecule has 0 aromatic heterocycles. The molecule has 0 radical (unpaired) electrons. The Balaban J connectivity index is 1.90. The van der Waals surface area contributed by atoms with Crippen LogP contribution >= 0.6 is 0 Å². The van der Waals surface area contributed by atoms with Crippen molar-refractivity contribution in [2.75, 3.05) is 24.6 Å². The molecule has 1 saturated heterocycles. The van der Waals surface area contributed by atoms with E-state index in [1.807, 2.05) is 31.2 Å². The van der Waals surface area contributed by atoms with Crippen LogP contribution in [0.3, 0.4) is 0 Å². The molecule has 0 spiro atoms. The van der Waals surface area contributed by atoms with Crippen LogP contribution in [0, 0.1) is 0 Å². The average molecular weight is 321 g/mol. The summed E-state index contributed by atoms with van der Waals surface area (Å²) < 4.78 is 5.38. The van der Waals surface area contributed by atoms with Gasteiger partial charge in [-0.25, -0.2) is 4.79 Å². The number of nitrogens with zero attached hydrogens (tertiary/aromatic N) is 1.